The number of nitrogens with zero attached hydrogens (tertiary/aromatic N) is 1. The molecule has 4 N–H and O–H groups in total. The van der Waals surface area contributed by atoms with Crippen molar-refractivity contribution in [1.82, 2.24) is 26.1 Å². The van der Waals surface area contributed by atoms with Crippen LogP contribution in [0.25, 0.3) is 0 Å². The Morgan fingerprint density at radius 3 is 2.59 bits per heavy atom. The number of imidazole rings is 1. The second kappa shape index (κ2) is 8.71. The quantitative estimate of drug-likeness (QED) is 0.520. The molecule has 27 heavy (non-hydrogen) atoms. The molecule has 146 valence electrons. The molecule has 10 nitrogen and oxygen atoms in total. The first-order valence-electron chi connectivity index (χ1n) is 7.96. The van der Waals surface area contributed by atoms with Gasteiger partial charge < -0.3 is 19.5 Å². The van der Waals surface area contributed by atoms with Gasteiger partial charge in [0.05, 0.1) is 6.33 Å². The smallest absolute Gasteiger partial charge is 0.408 e. The molecule has 0 fully saturated rings. The molecule has 2 heterocycles. The Morgan fingerprint density at radius 1 is 1.30 bits per heavy atom. The summed E-state index contributed by atoms with van der Waals surface area (Å²) in [6.45, 7) is 5.12. The molecule has 0 aromatic carbocycles. The highest BCUT2D eigenvalue weighted by Gasteiger charge is 2.25. The Hall–Kier alpha value is -2.82. The fraction of sp³-hybridized carbons (Fsp3) is 0.375. The number of amides is 3. The third-order valence-corrected chi connectivity index (χ3v) is 3.51. The van der Waals surface area contributed by atoms with Crippen molar-refractivity contribution in [2.75, 3.05) is 0 Å². The average molecular weight is 442 g/mol. The van der Waals surface area contributed by atoms with Crippen LogP contribution in [0.5, 0.6) is 0 Å². The van der Waals surface area contributed by atoms with Gasteiger partial charge >= 0.3 is 12.0 Å². The third-order valence-electron chi connectivity index (χ3n) is 3.08. The second-order valence-corrected chi connectivity index (χ2v) is 7.31. The molecule has 3 amide bonds. The van der Waals surface area contributed by atoms with Crippen LogP contribution in [0.2, 0.25) is 0 Å². The normalized spacial score (nSPS) is 12.1. The monoisotopic (exact) mass is 441 g/mol. The van der Waals surface area contributed by atoms with Crippen molar-refractivity contribution in [3.8, 4) is 0 Å². The predicted octanol–water partition coefficient (Wildman–Crippen LogP) is 1.66. The van der Waals surface area contributed by atoms with Gasteiger partial charge in [-0.25, -0.2) is 9.78 Å². The van der Waals surface area contributed by atoms with Crippen LogP contribution < -0.4 is 16.2 Å². The molecular formula is C16H20BrN5O5. The van der Waals surface area contributed by atoms with Gasteiger partial charge in [0.2, 0.25) is 0 Å². The van der Waals surface area contributed by atoms with Gasteiger partial charge in [-0.15, -0.1) is 0 Å². The summed E-state index contributed by atoms with van der Waals surface area (Å²) in [5.41, 5.74) is 4.37. The van der Waals surface area contributed by atoms with Gasteiger partial charge in [0.1, 0.15) is 11.6 Å². The lowest BCUT2D eigenvalue weighted by molar-refractivity contribution is -0.124. The fourth-order valence-corrected chi connectivity index (χ4v) is 2.29. The average Bonchev–Trinajstić information content (AvgIpc) is 3.21. The van der Waals surface area contributed by atoms with Crippen LogP contribution in [0.4, 0.5) is 4.79 Å². The van der Waals surface area contributed by atoms with Crippen molar-refractivity contribution in [1.29, 1.82) is 0 Å². The number of ether oxygens (including phenoxy) is 1. The summed E-state index contributed by atoms with van der Waals surface area (Å²) in [7, 11) is 0. The van der Waals surface area contributed by atoms with Crippen LogP contribution in [0, 0.1) is 0 Å². The standard InChI is InChI=1S/C16H20BrN5O5/c1-16(2,3)27-15(25)20-10(6-9-7-18-8-19-9)13(23)21-22-14(24)11-4-5-12(17)26-11/h4-5,7-8,10H,6H2,1-3H3,(H,18,19)(H,20,25)(H,21,23)(H,22,24). The number of furan rings is 1. The number of hydrazine groups is 1. The molecule has 2 rings (SSSR count). The highest BCUT2D eigenvalue weighted by molar-refractivity contribution is 9.10. The van der Waals surface area contributed by atoms with E-state index in [2.05, 4.69) is 42.1 Å². The topological polar surface area (TPSA) is 138 Å². The molecule has 11 heteroatoms. The number of aromatic amines is 1. The molecule has 0 radical (unpaired) electrons. The number of rotatable bonds is 5. The lowest BCUT2D eigenvalue weighted by Gasteiger charge is -2.23. The summed E-state index contributed by atoms with van der Waals surface area (Å²) in [5, 5.41) is 2.48. The second-order valence-electron chi connectivity index (χ2n) is 6.53. The summed E-state index contributed by atoms with van der Waals surface area (Å²) >= 11 is 3.08. The van der Waals surface area contributed by atoms with Crippen LogP contribution >= 0.6 is 15.9 Å². The van der Waals surface area contributed by atoms with Crippen molar-refractivity contribution < 1.29 is 23.5 Å². The van der Waals surface area contributed by atoms with E-state index in [1.165, 1.54) is 18.6 Å². The minimum atomic E-state index is -1.01. The summed E-state index contributed by atoms with van der Waals surface area (Å²) in [4.78, 5) is 43.1. The molecule has 0 bridgehead atoms. The van der Waals surface area contributed by atoms with Gasteiger partial charge in [0.15, 0.2) is 10.4 Å². The maximum atomic E-state index is 12.4. The van der Waals surface area contributed by atoms with Gasteiger partial charge in [-0.05, 0) is 48.8 Å². The van der Waals surface area contributed by atoms with Crippen LogP contribution in [0.1, 0.15) is 37.0 Å². The number of nitrogens with one attached hydrogen (secondary N) is 4. The number of alkyl carbamates (subject to hydrolysis) is 1. The molecule has 2 aromatic rings. The van der Waals surface area contributed by atoms with E-state index < -0.39 is 29.6 Å². The number of aromatic nitrogens is 2. The number of halogens is 1. The molecule has 1 unspecified atom stereocenters. The van der Waals surface area contributed by atoms with Gasteiger partial charge in [0.25, 0.3) is 5.91 Å². The van der Waals surface area contributed by atoms with Crippen molar-refractivity contribution in [3.05, 3.63) is 40.8 Å². The zero-order valence-electron chi connectivity index (χ0n) is 15.0. The molecule has 0 saturated carbocycles. The van der Waals surface area contributed by atoms with E-state index in [-0.39, 0.29) is 12.2 Å². The van der Waals surface area contributed by atoms with Crippen LogP contribution in [0.15, 0.2) is 33.7 Å². The van der Waals surface area contributed by atoms with E-state index in [9.17, 15) is 14.4 Å². The molecule has 0 aliphatic carbocycles. The van der Waals surface area contributed by atoms with E-state index in [4.69, 9.17) is 9.15 Å². The number of carbonyl (C=O) groups is 3. The van der Waals surface area contributed by atoms with Gasteiger partial charge in [-0.3, -0.25) is 20.4 Å². The van der Waals surface area contributed by atoms with E-state index in [0.717, 1.165) is 0 Å². The summed E-state index contributed by atoms with van der Waals surface area (Å²) in [6, 6.07) is 1.97. The maximum Gasteiger partial charge on any atom is 0.408 e. The molecule has 1 atom stereocenters. The van der Waals surface area contributed by atoms with E-state index in [1.54, 1.807) is 26.8 Å². The summed E-state index contributed by atoms with van der Waals surface area (Å²) in [6.07, 6.45) is 2.33. The minimum Gasteiger partial charge on any atom is -0.444 e. The predicted molar refractivity (Wildman–Crippen MR) is 97.5 cm³/mol. The van der Waals surface area contributed by atoms with E-state index >= 15 is 0 Å². The Balaban J connectivity index is 1.99. The van der Waals surface area contributed by atoms with Crippen molar-refractivity contribution >= 4 is 33.8 Å². The lowest BCUT2D eigenvalue weighted by Crippen LogP contribution is -2.53. The highest BCUT2D eigenvalue weighted by atomic mass is 79.9. The van der Waals surface area contributed by atoms with Crippen LogP contribution in [0.3, 0.4) is 0 Å². The van der Waals surface area contributed by atoms with Crippen LogP contribution in [-0.2, 0) is 16.0 Å². The highest BCUT2D eigenvalue weighted by Crippen LogP contribution is 2.13. The molecule has 0 aliphatic heterocycles. The first-order valence-corrected chi connectivity index (χ1v) is 8.75. The van der Waals surface area contributed by atoms with Crippen molar-refractivity contribution in [2.45, 2.75) is 38.8 Å². The first-order chi connectivity index (χ1) is 12.6. The molecular weight excluding hydrogens is 422 g/mol. The Morgan fingerprint density at radius 2 is 2.04 bits per heavy atom. The fourth-order valence-electron chi connectivity index (χ4n) is 1.98. The lowest BCUT2D eigenvalue weighted by atomic mass is 10.1. The Kier molecular flexibility index (Phi) is 6.61. The number of hydrogen-bond donors (Lipinski definition) is 4. The van der Waals surface area contributed by atoms with E-state index in [0.29, 0.717) is 10.4 Å². The first kappa shape index (κ1) is 20.5. The van der Waals surface area contributed by atoms with Gasteiger partial charge in [0, 0.05) is 18.3 Å². The SMILES string of the molecule is CC(C)(C)OC(=O)NC(Cc1cnc[nH]1)C(=O)NNC(=O)c1ccc(Br)o1. The van der Waals surface area contributed by atoms with Gasteiger partial charge in [-0.1, -0.05) is 0 Å². The molecule has 0 aliphatic rings. The number of hydrogen-bond acceptors (Lipinski definition) is 6. The number of carbonyl (C=O) groups excluding carboxylic acids is 3. The van der Waals surface area contributed by atoms with E-state index in [1.807, 2.05) is 0 Å². The molecule has 2 aromatic heterocycles. The Bertz CT molecular complexity index is 796. The largest absolute Gasteiger partial charge is 0.444 e. The molecule has 0 saturated heterocycles. The summed E-state index contributed by atoms with van der Waals surface area (Å²) < 4.78 is 10.6. The van der Waals surface area contributed by atoms with Crippen LogP contribution in [-0.4, -0.2) is 39.5 Å². The molecule has 0 spiro atoms. The van der Waals surface area contributed by atoms with Crippen molar-refractivity contribution in [3.63, 3.8) is 0 Å². The Labute approximate surface area is 163 Å². The summed E-state index contributed by atoms with van der Waals surface area (Å²) in [5.74, 6) is -1.28. The van der Waals surface area contributed by atoms with Gasteiger partial charge in [-0.2, -0.15) is 0 Å². The van der Waals surface area contributed by atoms with Crippen molar-refractivity contribution in [2.24, 2.45) is 0 Å². The zero-order chi connectivity index (χ0) is 20.0. The zero-order valence-corrected chi connectivity index (χ0v) is 16.5. The number of H-pyrrole nitrogens is 1. The minimum absolute atomic E-state index is 0.00685. The third kappa shape index (κ3) is 6.77. The maximum absolute atomic E-state index is 12.4.